The van der Waals surface area contributed by atoms with Gasteiger partial charge in [-0.25, -0.2) is 4.79 Å². The van der Waals surface area contributed by atoms with E-state index in [9.17, 15) is 9.59 Å². The highest BCUT2D eigenvalue weighted by molar-refractivity contribution is 7.99. The summed E-state index contributed by atoms with van der Waals surface area (Å²) in [5, 5.41) is 3.60. The quantitative estimate of drug-likeness (QED) is 0.615. The molecule has 1 aliphatic rings. The highest BCUT2D eigenvalue weighted by atomic mass is 35.5. The number of carbonyl (C=O) groups is 2. The Hall–Kier alpha value is -2.18. The van der Waals surface area contributed by atoms with Crippen LogP contribution in [0.3, 0.4) is 0 Å². The molecule has 5 nitrogen and oxygen atoms in total. The Morgan fingerprint density at radius 1 is 1.16 bits per heavy atom. The van der Waals surface area contributed by atoms with E-state index in [0.717, 1.165) is 16.3 Å². The molecule has 2 aromatic carbocycles. The summed E-state index contributed by atoms with van der Waals surface area (Å²) in [5.74, 6) is 0.637. The van der Waals surface area contributed by atoms with E-state index >= 15 is 0 Å². The number of hydrogen-bond acceptors (Lipinski definition) is 4. The highest BCUT2D eigenvalue weighted by Crippen LogP contribution is 2.20. The minimum Gasteiger partial charge on any atom is -0.447 e. The van der Waals surface area contributed by atoms with Gasteiger partial charge in [0.1, 0.15) is 6.61 Å². The van der Waals surface area contributed by atoms with Crippen LogP contribution in [0.25, 0.3) is 0 Å². The van der Waals surface area contributed by atoms with Crippen LogP contribution in [0.15, 0.2) is 53.4 Å². The molecule has 0 spiro atoms. The van der Waals surface area contributed by atoms with Crippen LogP contribution >= 0.6 is 23.4 Å². The molecule has 0 bridgehead atoms. The first kappa shape index (κ1) is 17.6. The third-order valence-electron chi connectivity index (χ3n) is 3.67. The zero-order valence-corrected chi connectivity index (χ0v) is 15.0. The molecule has 0 unspecified atom stereocenters. The maximum absolute atomic E-state index is 12.2. The minimum absolute atomic E-state index is 0.132. The molecule has 2 aromatic rings. The van der Waals surface area contributed by atoms with Gasteiger partial charge in [0, 0.05) is 33.5 Å². The summed E-state index contributed by atoms with van der Waals surface area (Å²) in [7, 11) is 0. The van der Waals surface area contributed by atoms with E-state index in [-0.39, 0.29) is 12.0 Å². The zero-order valence-electron chi connectivity index (χ0n) is 13.4. The average molecular weight is 377 g/mol. The fourth-order valence-corrected chi connectivity index (χ4v) is 3.28. The lowest BCUT2D eigenvalue weighted by molar-refractivity contribution is 0.0956. The number of nitrogens with one attached hydrogen (secondary N) is 1. The Kier molecular flexibility index (Phi) is 5.83. The van der Waals surface area contributed by atoms with Crippen LogP contribution in [0.2, 0.25) is 5.02 Å². The summed E-state index contributed by atoms with van der Waals surface area (Å²) in [6.07, 6.45) is -0.351. The first-order valence-corrected chi connectivity index (χ1v) is 9.21. The standard InChI is InChI=1S/C18H17ClN2O3S/c19-14-3-7-16(8-4-14)25-12-9-20-17(22)13-1-5-15(6-2-13)21-10-11-24-18(21)23/h1-8H,9-12H2,(H,20,22). The Morgan fingerprint density at radius 3 is 2.52 bits per heavy atom. The number of cyclic esters (lactones) is 1. The molecule has 0 radical (unpaired) electrons. The molecule has 0 saturated carbocycles. The molecule has 1 saturated heterocycles. The molecular weight excluding hydrogens is 360 g/mol. The van der Waals surface area contributed by atoms with E-state index in [4.69, 9.17) is 16.3 Å². The molecular formula is C18H17ClN2O3S. The molecule has 1 heterocycles. The third kappa shape index (κ3) is 4.67. The van der Waals surface area contributed by atoms with Gasteiger partial charge in [0.2, 0.25) is 0 Å². The topological polar surface area (TPSA) is 58.6 Å². The number of amides is 2. The minimum atomic E-state index is -0.351. The molecule has 25 heavy (non-hydrogen) atoms. The molecule has 0 aromatic heterocycles. The number of benzene rings is 2. The van der Waals surface area contributed by atoms with Crippen molar-refractivity contribution in [2.75, 3.05) is 30.3 Å². The first-order chi connectivity index (χ1) is 12.1. The predicted molar refractivity (Wildman–Crippen MR) is 99.6 cm³/mol. The normalized spacial score (nSPS) is 13.6. The number of ether oxygens (including phenoxy) is 1. The molecule has 1 aliphatic heterocycles. The van der Waals surface area contributed by atoms with Crippen LogP contribution in [0.5, 0.6) is 0 Å². The number of nitrogens with zero attached hydrogens (tertiary/aromatic N) is 1. The Balaban J connectivity index is 1.46. The van der Waals surface area contributed by atoms with Crippen LogP contribution < -0.4 is 10.2 Å². The molecule has 7 heteroatoms. The van der Waals surface area contributed by atoms with Crippen molar-refractivity contribution < 1.29 is 14.3 Å². The van der Waals surface area contributed by atoms with E-state index in [2.05, 4.69) is 5.32 Å². The average Bonchev–Trinajstić information content (AvgIpc) is 3.06. The molecule has 0 atom stereocenters. The summed E-state index contributed by atoms with van der Waals surface area (Å²) in [6, 6.07) is 14.5. The van der Waals surface area contributed by atoms with Gasteiger partial charge in [0.15, 0.2) is 0 Å². The predicted octanol–water partition coefficient (Wildman–Crippen LogP) is 3.82. The van der Waals surface area contributed by atoms with Gasteiger partial charge in [-0.2, -0.15) is 0 Å². The van der Waals surface area contributed by atoms with Gasteiger partial charge in [-0.05, 0) is 48.5 Å². The summed E-state index contributed by atoms with van der Waals surface area (Å²) in [6.45, 7) is 1.49. The monoisotopic (exact) mass is 376 g/mol. The molecule has 1 fully saturated rings. The summed E-state index contributed by atoms with van der Waals surface area (Å²) in [5.41, 5.74) is 1.30. The summed E-state index contributed by atoms with van der Waals surface area (Å²) < 4.78 is 4.90. The lowest BCUT2D eigenvalue weighted by atomic mass is 10.2. The van der Waals surface area contributed by atoms with Crippen LogP contribution in [-0.4, -0.2) is 37.4 Å². The van der Waals surface area contributed by atoms with E-state index < -0.39 is 0 Å². The van der Waals surface area contributed by atoms with Crippen molar-refractivity contribution in [3.05, 3.63) is 59.1 Å². The van der Waals surface area contributed by atoms with Gasteiger partial charge in [-0.3, -0.25) is 9.69 Å². The van der Waals surface area contributed by atoms with Gasteiger partial charge in [0.25, 0.3) is 5.91 Å². The SMILES string of the molecule is O=C(NCCSc1ccc(Cl)cc1)c1ccc(N2CCOC2=O)cc1. The third-order valence-corrected chi connectivity index (χ3v) is 4.94. The maximum atomic E-state index is 12.2. The lowest BCUT2D eigenvalue weighted by Crippen LogP contribution is -2.26. The molecule has 0 aliphatic carbocycles. The Labute approximate surface area is 155 Å². The number of anilines is 1. The van der Waals surface area contributed by atoms with Crippen molar-refractivity contribution in [3.63, 3.8) is 0 Å². The summed E-state index contributed by atoms with van der Waals surface area (Å²) in [4.78, 5) is 26.3. The van der Waals surface area contributed by atoms with Gasteiger partial charge in [-0.1, -0.05) is 11.6 Å². The zero-order chi connectivity index (χ0) is 17.6. The van der Waals surface area contributed by atoms with Crippen LogP contribution in [-0.2, 0) is 4.74 Å². The van der Waals surface area contributed by atoms with Crippen molar-refractivity contribution in [1.82, 2.24) is 5.32 Å². The van der Waals surface area contributed by atoms with E-state index in [1.54, 1.807) is 40.9 Å². The second-order valence-corrected chi connectivity index (χ2v) is 6.98. The van der Waals surface area contributed by atoms with E-state index in [1.807, 2.05) is 24.3 Å². The maximum Gasteiger partial charge on any atom is 0.414 e. The van der Waals surface area contributed by atoms with E-state index in [0.29, 0.717) is 30.3 Å². The van der Waals surface area contributed by atoms with E-state index in [1.165, 1.54) is 0 Å². The summed E-state index contributed by atoms with van der Waals surface area (Å²) >= 11 is 7.50. The first-order valence-electron chi connectivity index (χ1n) is 7.84. The molecule has 1 N–H and O–H groups in total. The number of carbonyl (C=O) groups excluding carboxylic acids is 2. The highest BCUT2D eigenvalue weighted by Gasteiger charge is 2.23. The second-order valence-electron chi connectivity index (χ2n) is 5.37. The number of hydrogen-bond donors (Lipinski definition) is 1. The van der Waals surface area contributed by atoms with Crippen molar-refractivity contribution in [3.8, 4) is 0 Å². The molecule has 3 rings (SSSR count). The van der Waals surface area contributed by atoms with Gasteiger partial charge in [0.05, 0.1) is 6.54 Å². The second kappa shape index (κ2) is 8.27. The number of halogens is 1. The molecule has 2 amide bonds. The van der Waals surface area contributed by atoms with Gasteiger partial charge >= 0.3 is 6.09 Å². The van der Waals surface area contributed by atoms with Gasteiger partial charge < -0.3 is 10.1 Å². The van der Waals surface area contributed by atoms with Crippen LogP contribution in [0.4, 0.5) is 10.5 Å². The fourth-order valence-electron chi connectivity index (χ4n) is 2.39. The van der Waals surface area contributed by atoms with Crippen molar-refractivity contribution in [1.29, 1.82) is 0 Å². The van der Waals surface area contributed by atoms with Crippen LogP contribution in [0.1, 0.15) is 10.4 Å². The van der Waals surface area contributed by atoms with Crippen molar-refractivity contribution >= 4 is 41.1 Å². The van der Waals surface area contributed by atoms with Gasteiger partial charge in [-0.15, -0.1) is 11.8 Å². The fraction of sp³-hybridized carbons (Fsp3) is 0.222. The lowest BCUT2D eigenvalue weighted by Gasteiger charge is -2.13. The smallest absolute Gasteiger partial charge is 0.414 e. The Bertz CT molecular complexity index is 750. The number of rotatable bonds is 6. The van der Waals surface area contributed by atoms with Crippen molar-refractivity contribution in [2.24, 2.45) is 0 Å². The molecule has 130 valence electrons. The van der Waals surface area contributed by atoms with Crippen molar-refractivity contribution in [2.45, 2.75) is 4.90 Å². The largest absolute Gasteiger partial charge is 0.447 e. The number of thioether (sulfide) groups is 1. The Morgan fingerprint density at radius 2 is 1.88 bits per heavy atom. The van der Waals surface area contributed by atoms with Crippen LogP contribution in [0, 0.1) is 0 Å².